The number of halogens is 18. The summed E-state index contributed by atoms with van der Waals surface area (Å²) in [6, 6.07) is 0. The molecule has 0 aliphatic heterocycles. The maximum absolute atomic E-state index is 14.3. The van der Waals surface area contributed by atoms with Crippen LogP contribution in [0.4, 0.5) is 79.0 Å². The van der Waals surface area contributed by atoms with Crippen LogP contribution in [0.25, 0.3) is 0 Å². The Morgan fingerprint density at radius 3 is 1.13 bits per heavy atom. The van der Waals surface area contributed by atoms with Gasteiger partial charge in [-0.25, -0.2) is 8.78 Å². The molecule has 1 fully saturated rings. The van der Waals surface area contributed by atoms with Crippen LogP contribution in [0.15, 0.2) is 23.1 Å². The van der Waals surface area contributed by atoms with Gasteiger partial charge in [0, 0.05) is 0 Å². The van der Waals surface area contributed by atoms with E-state index in [1.807, 2.05) is 0 Å². The zero-order chi connectivity index (χ0) is 24.3. The van der Waals surface area contributed by atoms with Crippen molar-refractivity contribution in [2.45, 2.75) is 47.1 Å². The van der Waals surface area contributed by atoms with Crippen molar-refractivity contribution in [1.82, 2.24) is 0 Å². The highest BCUT2D eigenvalue weighted by atomic mass is 19.4. The summed E-state index contributed by atoms with van der Waals surface area (Å²) in [5.41, 5.74) is -16.9. The van der Waals surface area contributed by atoms with Crippen molar-refractivity contribution in [2.24, 2.45) is 0 Å². The van der Waals surface area contributed by atoms with Gasteiger partial charge in [-0.05, 0) is 0 Å². The first-order valence-electron chi connectivity index (χ1n) is 6.65. The minimum atomic E-state index is -7.85. The molecule has 0 heterocycles. The number of hydrogen-bond donors (Lipinski definition) is 0. The van der Waals surface area contributed by atoms with Crippen molar-refractivity contribution >= 4 is 0 Å². The van der Waals surface area contributed by atoms with Crippen molar-refractivity contribution in [3.63, 3.8) is 0 Å². The fraction of sp³-hybridized carbons (Fsp3) is 0.667. The van der Waals surface area contributed by atoms with Crippen LogP contribution in [0.2, 0.25) is 0 Å². The van der Waals surface area contributed by atoms with E-state index in [9.17, 15) is 79.0 Å². The second-order valence-electron chi connectivity index (χ2n) is 6.00. The Morgan fingerprint density at radius 2 is 0.800 bits per heavy atom. The molecule has 0 nitrogen and oxygen atoms in total. The van der Waals surface area contributed by atoms with Gasteiger partial charge >= 0.3 is 41.5 Å². The van der Waals surface area contributed by atoms with Gasteiger partial charge in [0.15, 0.2) is 5.83 Å². The van der Waals surface area contributed by atoms with E-state index in [4.69, 9.17) is 0 Å². The van der Waals surface area contributed by atoms with Crippen LogP contribution in [0.3, 0.4) is 0 Å². The summed E-state index contributed by atoms with van der Waals surface area (Å²) in [7, 11) is 0. The van der Waals surface area contributed by atoms with E-state index in [1.54, 1.807) is 0 Å². The van der Waals surface area contributed by atoms with E-state index in [-0.39, 0.29) is 0 Å². The number of allylic oxidation sites excluding steroid dienone is 3. The molecule has 0 spiro atoms. The van der Waals surface area contributed by atoms with Gasteiger partial charge in [-0.15, -0.1) is 0 Å². The third kappa shape index (κ3) is 2.00. The van der Waals surface area contributed by atoms with E-state index >= 15 is 0 Å². The van der Waals surface area contributed by atoms with E-state index in [0.29, 0.717) is 0 Å². The lowest BCUT2D eigenvalue weighted by atomic mass is 9.63. The molecule has 18 heteroatoms. The van der Waals surface area contributed by atoms with Gasteiger partial charge in [-0.1, -0.05) is 0 Å². The van der Waals surface area contributed by atoms with Gasteiger partial charge in [0.1, 0.15) is 5.57 Å². The van der Waals surface area contributed by atoms with Crippen molar-refractivity contribution in [2.75, 3.05) is 0 Å². The van der Waals surface area contributed by atoms with E-state index < -0.39 is 70.2 Å². The van der Waals surface area contributed by atoms with E-state index in [0.717, 1.165) is 0 Å². The molecule has 0 amide bonds. The lowest BCUT2D eigenvalue weighted by Gasteiger charge is -2.55. The minimum Gasteiger partial charge on any atom is -0.224 e. The molecule has 0 N–H and O–H groups in total. The minimum absolute atomic E-state index is 4.79. The summed E-state index contributed by atoms with van der Waals surface area (Å²) in [4.78, 5) is 0. The van der Waals surface area contributed by atoms with Crippen molar-refractivity contribution < 1.29 is 79.0 Å². The van der Waals surface area contributed by atoms with Crippen molar-refractivity contribution in [3.8, 4) is 0 Å². The molecule has 2 aliphatic carbocycles. The SMILES string of the molecule is FC(F)=C1C(C2(F)C(F)(F)C(F)(F)C2(F)F)=C(F)C(F)(F)C(F)(F)C(F)(F)C1(F)F. The fourth-order valence-electron chi connectivity index (χ4n) is 2.73. The molecule has 174 valence electrons. The van der Waals surface area contributed by atoms with Gasteiger partial charge in [0.05, 0.1) is 5.57 Å². The Labute approximate surface area is 150 Å². The molecule has 0 unspecified atom stereocenters. The van der Waals surface area contributed by atoms with Gasteiger partial charge in [0.25, 0.3) is 11.7 Å². The largest absolute Gasteiger partial charge is 0.385 e. The maximum Gasteiger partial charge on any atom is 0.385 e. The molecular formula is C12F18. The van der Waals surface area contributed by atoms with Crippen LogP contribution in [0.1, 0.15) is 0 Å². The van der Waals surface area contributed by atoms with Gasteiger partial charge in [-0.3, -0.25) is 0 Å². The maximum atomic E-state index is 14.3. The summed E-state index contributed by atoms with van der Waals surface area (Å²) in [6.07, 6.45) is -4.79. The summed E-state index contributed by atoms with van der Waals surface area (Å²) >= 11 is 0. The molecule has 0 aromatic heterocycles. The lowest BCUT2D eigenvalue weighted by molar-refractivity contribution is -0.462. The quantitative estimate of drug-likeness (QED) is 0.370. The van der Waals surface area contributed by atoms with Crippen LogP contribution in [0.5, 0.6) is 0 Å². The van der Waals surface area contributed by atoms with E-state index in [1.165, 1.54) is 0 Å². The molecule has 0 aromatic carbocycles. The van der Waals surface area contributed by atoms with Gasteiger partial charge in [0.2, 0.25) is 0 Å². The molecule has 1 saturated carbocycles. The summed E-state index contributed by atoms with van der Waals surface area (Å²) in [5.74, 6) is -57.6. The highest BCUT2D eigenvalue weighted by Gasteiger charge is 3.02. The van der Waals surface area contributed by atoms with Crippen molar-refractivity contribution in [3.05, 3.63) is 23.1 Å². The second kappa shape index (κ2) is 5.52. The standard InChI is InChI=1S/C12F18/c13-3-1(5(16)8(21,22)12(29,30)9(5,23)24)2(4(14)15)6(17,18)10(25,26)11(27,28)7(3,19)20. The Kier molecular flexibility index (Phi) is 4.51. The Hall–Kier alpha value is -1.78. The van der Waals surface area contributed by atoms with Crippen molar-refractivity contribution in [1.29, 1.82) is 0 Å². The van der Waals surface area contributed by atoms with Crippen LogP contribution in [-0.2, 0) is 0 Å². The Bertz CT molecular complexity index is 819. The number of hydrogen-bond acceptors (Lipinski definition) is 0. The third-order valence-corrected chi connectivity index (χ3v) is 4.43. The second-order valence-corrected chi connectivity index (χ2v) is 6.00. The fourth-order valence-corrected chi connectivity index (χ4v) is 2.73. The molecule has 0 atom stereocenters. The Balaban J connectivity index is 3.16. The molecular weight excluding hydrogens is 486 g/mol. The molecule has 0 aromatic rings. The monoisotopic (exact) mass is 486 g/mol. The van der Waals surface area contributed by atoms with Crippen LogP contribution in [0, 0.1) is 0 Å². The van der Waals surface area contributed by atoms with Gasteiger partial charge < -0.3 is 0 Å². The van der Waals surface area contributed by atoms with Gasteiger partial charge in [-0.2, -0.15) is 70.2 Å². The van der Waals surface area contributed by atoms with Crippen LogP contribution in [-0.4, -0.2) is 47.1 Å². The number of rotatable bonds is 1. The summed E-state index contributed by atoms with van der Waals surface area (Å²) in [5, 5.41) is 0. The average Bonchev–Trinajstić information content (AvgIpc) is 2.56. The predicted octanol–water partition coefficient (Wildman–Crippen LogP) is 6.54. The average molecular weight is 486 g/mol. The smallest absolute Gasteiger partial charge is 0.224 e. The third-order valence-electron chi connectivity index (χ3n) is 4.43. The molecule has 2 rings (SSSR count). The highest BCUT2D eigenvalue weighted by molar-refractivity contribution is 5.57. The Morgan fingerprint density at radius 1 is 0.467 bits per heavy atom. The summed E-state index contributed by atoms with van der Waals surface area (Å²) < 4.78 is 240. The molecule has 30 heavy (non-hydrogen) atoms. The highest BCUT2D eigenvalue weighted by Crippen LogP contribution is 2.75. The number of alkyl halides is 15. The zero-order valence-corrected chi connectivity index (χ0v) is 12.8. The molecule has 0 bridgehead atoms. The lowest BCUT2D eigenvalue weighted by Crippen LogP contribution is -2.85. The van der Waals surface area contributed by atoms with E-state index in [2.05, 4.69) is 0 Å². The predicted molar refractivity (Wildman–Crippen MR) is 55.8 cm³/mol. The first-order chi connectivity index (χ1) is 12.8. The van der Waals surface area contributed by atoms with Crippen LogP contribution >= 0.6 is 0 Å². The first kappa shape index (κ1) is 24.5. The molecule has 0 radical (unpaired) electrons. The topological polar surface area (TPSA) is 0 Å². The zero-order valence-electron chi connectivity index (χ0n) is 12.8. The molecule has 0 saturated heterocycles. The normalized spacial score (nSPS) is 31.6. The molecule has 2 aliphatic rings. The summed E-state index contributed by atoms with van der Waals surface area (Å²) in [6.45, 7) is 0. The van der Waals surface area contributed by atoms with Crippen LogP contribution < -0.4 is 0 Å². The first-order valence-corrected chi connectivity index (χ1v) is 6.65.